The Balaban J connectivity index is 1.21. The highest BCUT2D eigenvalue weighted by Crippen LogP contribution is 2.62. The molecular formula is C49H33NO2. The van der Waals surface area contributed by atoms with E-state index in [1.54, 1.807) is 0 Å². The van der Waals surface area contributed by atoms with Gasteiger partial charge in [0, 0.05) is 39.2 Å². The number of anilines is 2. The highest BCUT2D eigenvalue weighted by atomic mass is 16.5. The molecule has 0 bridgehead atoms. The minimum atomic E-state index is -0.702. The lowest BCUT2D eigenvalue weighted by atomic mass is 9.62. The molecule has 0 saturated carbocycles. The van der Waals surface area contributed by atoms with E-state index >= 15 is 0 Å². The minimum absolute atomic E-state index is 0.702. The summed E-state index contributed by atoms with van der Waals surface area (Å²) in [6.07, 6.45) is 0. The van der Waals surface area contributed by atoms with Crippen LogP contribution < -0.4 is 14.8 Å². The molecule has 3 heteroatoms. The lowest BCUT2D eigenvalue weighted by molar-refractivity contribution is 0.399. The number of rotatable bonds is 5. The molecule has 52 heavy (non-hydrogen) atoms. The van der Waals surface area contributed by atoms with Crippen LogP contribution in [0.15, 0.2) is 194 Å². The van der Waals surface area contributed by atoms with Gasteiger partial charge in [0.25, 0.3) is 0 Å². The van der Waals surface area contributed by atoms with E-state index in [4.69, 9.17) is 9.47 Å². The van der Waals surface area contributed by atoms with Gasteiger partial charge in [-0.15, -0.1) is 0 Å². The van der Waals surface area contributed by atoms with Crippen molar-refractivity contribution in [2.75, 3.05) is 5.32 Å². The SMILES string of the molecule is c1ccc(Nc2ccc(-c3ccc4c(c3)C3(c5ccccc5Oc5ccc(-c6ccccc6)cc53)c3ccccc3O4)cc2-c2ccccc2)cc1. The second-order valence-electron chi connectivity index (χ2n) is 13.4. The van der Waals surface area contributed by atoms with Gasteiger partial charge in [0.05, 0.1) is 5.41 Å². The Hall–Kier alpha value is -6.84. The van der Waals surface area contributed by atoms with E-state index in [0.29, 0.717) is 0 Å². The van der Waals surface area contributed by atoms with Crippen LogP contribution in [-0.4, -0.2) is 0 Å². The van der Waals surface area contributed by atoms with Crippen molar-refractivity contribution in [1.82, 2.24) is 0 Å². The highest BCUT2D eigenvalue weighted by Gasteiger charge is 2.50. The molecule has 0 radical (unpaired) electrons. The van der Waals surface area contributed by atoms with Gasteiger partial charge >= 0.3 is 0 Å². The number of benzene rings is 8. The van der Waals surface area contributed by atoms with E-state index in [1.807, 2.05) is 6.07 Å². The van der Waals surface area contributed by atoms with Gasteiger partial charge in [-0.3, -0.25) is 0 Å². The smallest absolute Gasteiger partial charge is 0.132 e. The average Bonchev–Trinajstić information content (AvgIpc) is 3.22. The zero-order valence-corrected chi connectivity index (χ0v) is 28.3. The van der Waals surface area contributed by atoms with Gasteiger partial charge < -0.3 is 14.8 Å². The largest absolute Gasteiger partial charge is 0.457 e. The fourth-order valence-corrected chi connectivity index (χ4v) is 8.02. The molecule has 10 rings (SSSR count). The minimum Gasteiger partial charge on any atom is -0.457 e. The molecule has 0 fully saturated rings. The van der Waals surface area contributed by atoms with Crippen LogP contribution in [0.2, 0.25) is 0 Å². The van der Waals surface area contributed by atoms with E-state index in [9.17, 15) is 0 Å². The summed E-state index contributed by atoms with van der Waals surface area (Å²) in [6, 6.07) is 68.3. The summed E-state index contributed by atoms with van der Waals surface area (Å²) in [5, 5.41) is 3.66. The number of para-hydroxylation sites is 3. The molecule has 0 aromatic heterocycles. The Labute approximate surface area is 303 Å². The maximum Gasteiger partial charge on any atom is 0.132 e. The summed E-state index contributed by atoms with van der Waals surface area (Å²) in [4.78, 5) is 0. The standard InChI is InChI=1S/C49H33NO2/c1-4-14-33(15-5-1)36-25-28-47-42(31-36)49(40-20-10-12-22-45(40)51-47)41-21-11-13-23-46(41)52-48-29-26-37(32-43(48)49)35-24-27-44(50-38-18-8-3-9-19-38)39(30-35)34-16-6-2-7-17-34/h1-32,50H. The van der Waals surface area contributed by atoms with Crippen LogP contribution in [0.4, 0.5) is 11.4 Å². The fraction of sp³-hybridized carbons (Fsp3) is 0.0204. The topological polar surface area (TPSA) is 30.5 Å². The van der Waals surface area contributed by atoms with Crippen LogP contribution in [0.25, 0.3) is 33.4 Å². The first-order valence-electron chi connectivity index (χ1n) is 17.7. The third kappa shape index (κ3) is 4.82. The molecule has 1 N–H and O–H groups in total. The predicted octanol–water partition coefficient (Wildman–Crippen LogP) is 13.0. The zero-order chi connectivity index (χ0) is 34.5. The molecule has 1 spiro atoms. The monoisotopic (exact) mass is 667 g/mol. The second kappa shape index (κ2) is 12.2. The number of ether oxygens (including phenoxy) is 2. The van der Waals surface area contributed by atoms with E-state index < -0.39 is 5.41 Å². The van der Waals surface area contributed by atoms with Gasteiger partial charge in [0.2, 0.25) is 0 Å². The van der Waals surface area contributed by atoms with Crippen LogP contribution in [0.1, 0.15) is 22.3 Å². The van der Waals surface area contributed by atoms with Crippen molar-refractivity contribution in [3.8, 4) is 56.4 Å². The van der Waals surface area contributed by atoms with Crippen molar-refractivity contribution in [3.63, 3.8) is 0 Å². The van der Waals surface area contributed by atoms with Gasteiger partial charge in [0.1, 0.15) is 23.0 Å². The Morgan fingerprint density at radius 3 is 1.37 bits per heavy atom. The molecular weight excluding hydrogens is 635 g/mol. The van der Waals surface area contributed by atoms with Gasteiger partial charge in [-0.25, -0.2) is 0 Å². The van der Waals surface area contributed by atoms with Gasteiger partial charge in [0.15, 0.2) is 0 Å². The highest BCUT2D eigenvalue weighted by molar-refractivity contribution is 5.87. The van der Waals surface area contributed by atoms with Crippen LogP contribution >= 0.6 is 0 Å². The quantitative estimate of drug-likeness (QED) is 0.198. The zero-order valence-electron chi connectivity index (χ0n) is 28.3. The summed E-state index contributed by atoms with van der Waals surface area (Å²) in [5.41, 5.74) is 12.5. The van der Waals surface area contributed by atoms with Crippen molar-refractivity contribution in [1.29, 1.82) is 0 Å². The number of hydrogen-bond acceptors (Lipinski definition) is 3. The van der Waals surface area contributed by atoms with Crippen molar-refractivity contribution in [2.45, 2.75) is 5.41 Å². The van der Waals surface area contributed by atoms with E-state index in [0.717, 1.165) is 90.0 Å². The first-order valence-corrected chi connectivity index (χ1v) is 17.7. The van der Waals surface area contributed by atoms with Gasteiger partial charge in [-0.05, 0) is 88.5 Å². The maximum absolute atomic E-state index is 6.77. The number of fused-ring (bicyclic) bond motifs is 8. The summed E-state index contributed by atoms with van der Waals surface area (Å²) >= 11 is 0. The first-order chi connectivity index (χ1) is 25.8. The molecule has 3 nitrogen and oxygen atoms in total. The van der Waals surface area contributed by atoms with Gasteiger partial charge in [-0.2, -0.15) is 0 Å². The second-order valence-corrected chi connectivity index (χ2v) is 13.4. The molecule has 2 heterocycles. The first kappa shape index (κ1) is 30.0. The molecule has 0 amide bonds. The number of nitrogens with one attached hydrogen (secondary N) is 1. The molecule has 1 unspecified atom stereocenters. The molecule has 8 aromatic rings. The Kier molecular flexibility index (Phi) is 7.04. The van der Waals surface area contributed by atoms with E-state index in [-0.39, 0.29) is 0 Å². The Morgan fingerprint density at radius 1 is 0.327 bits per heavy atom. The molecule has 0 saturated heterocycles. The van der Waals surface area contributed by atoms with Crippen molar-refractivity contribution < 1.29 is 9.47 Å². The summed E-state index contributed by atoms with van der Waals surface area (Å²) in [5.74, 6) is 3.37. The molecule has 0 aliphatic carbocycles. The van der Waals surface area contributed by atoms with Crippen molar-refractivity contribution in [3.05, 3.63) is 216 Å². The van der Waals surface area contributed by atoms with Crippen LogP contribution in [-0.2, 0) is 5.41 Å². The Morgan fingerprint density at radius 2 is 0.769 bits per heavy atom. The molecule has 246 valence electrons. The van der Waals surface area contributed by atoms with Gasteiger partial charge in [-0.1, -0.05) is 133 Å². The predicted molar refractivity (Wildman–Crippen MR) is 211 cm³/mol. The lowest BCUT2D eigenvalue weighted by Gasteiger charge is -2.45. The van der Waals surface area contributed by atoms with Crippen molar-refractivity contribution >= 4 is 11.4 Å². The summed E-state index contributed by atoms with van der Waals surface area (Å²) in [7, 11) is 0. The molecule has 2 aliphatic rings. The van der Waals surface area contributed by atoms with Crippen molar-refractivity contribution in [2.24, 2.45) is 0 Å². The lowest BCUT2D eigenvalue weighted by Crippen LogP contribution is -2.36. The third-order valence-corrected chi connectivity index (χ3v) is 10.4. The Bertz CT molecular complexity index is 2560. The van der Waals surface area contributed by atoms with E-state index in [2.05, 4.69) is 193 Å². The van der Waals surface area contributed by atoms with Crippen LogP contribution in [0, 0.1) is 0 Å². The number of hydrogen-bond donors (Lipinski definition) is 1. The van der Waals surface area contributed by atoms with Crippen LogP contribution in [0.5, 0.6) is 23.0 Å². The normalized spacial score (nSPS) is 14.9. The fourth-order valence-electron chi connectivity index (χ4n) is 8.02. The molecule has 2 aliphatic heterocycles. The molecule has 1 atom stereocenters. The summed E-state index contributed by atoms with van der Waals surface area (Å²) < 4.78 is 13.5. The third-order valence-electron chi connectivity index (χ3n) is 10.4. The van der Waals surface area contributed by atoms with E-state index in [1.165, 1.54) is 0 Å². The maximum atomic E-state index is 6.77. The molecule has 8 aromatic carbocycles. The summed E-state index contributed by atoms with van der Waals surface area (Å²) in [6.45, 7) is 0. The van der Waals surface area contributed by atoms with Crippen LogP contribution in [0.3, 0.4) is 0 Å². The average molecular weight is 668 g/mol.